The largest absolute Gasteiger partial charge is 0.381 e. The van der Waals surface area contributed by atoms with Gasteiger partial charge in [-0.3, -0.25) is 4.79 Å². The van der Waals surface area contributed by atoms with E-state index in [0.29, 0.717) is 17.6 Å². The van der Waals surface area contributed by atoms with E-state index in [2.05, 4.69) is 12.2 Å². The maximum absolute atomic E-state index is 12.0. The Bertz CT molecular complexity index is 224. The Labute approximate surface area is 91.6 Å². The summed E-state index contributed by atoms with van der Waals surface area (Å²) in [6.45, 7) is 5.76. The number of ketones is 1. The molecule has 0 aliphatic carbocycles. The standard InChI is InChI=1S/C12H21NO2/c1-9-7-13-8-11(9)12(14)6-10-2-4-15-5-3-10/h9-11,13H,2-8H2,1H3. The Hall–Kier alpha value is -0.410. The summed E-state index contributed by atoms with van der Waals surface area (Å²) in [5.74, 6) is 1.85. The normalized spacial score (nSPS) is 33.1. The van der Waals surface area contributed by atoms with Gasteiger partial charge in [0.15, 0.2) is 0 Å². The topological polar surface area (TPSA) is 38.3 Å². The number of hydrogen-bond acceptors (Lipinski definition) is 3. The maximum Gasteiger partial charge on any atom is 0.137 e. The average molecular weight is 211 g/mol. The first-order valence-corrected chi connectivity index (χ1v) is 6.08. The van der Waals surface area contributed by atoms with Crippen LogP contribution in [0.25, 0.3) is 0 Å². The van der Waals surface area contributed by atoms with Gasteiger partial charge < -0.3 is 10.1 Å². The van der Waals surface area contributed by atoms with Crippen molar-refractivity contribution in [2.75, 3.05) is 26.3 Å². The van der Waals surface area contributed by atoms with Crippen LogP contribution in [-0.2, 0) is 9.53 Å². The second-order valence-electron chi connectivity index (χ2n) is 4.97. The first-order chi connectivity index (χ1) is 7.27. The minimum atomic E-state index is 0.271. The quantitative estimate of drug-likeness (QED) is 0.763. The molecule has 2 rings (SSSR count). The second kappa shape index (κ2) is 5.08. The van der Waals surface area contributed by atoms with Gasteiger partial charge in [-0.15, -0.1) is 0 Å². The van der Waals surface area contributed by atoms with Crippen molar-refractivity contribution in [3.63, 3.8) is 0 Å². The van der Waals surface area contributed by atoms with Gasteiger partial charge in [0.25, 0.3) is 0 Å². The molecule has 0 aromatic carbocycles. The molecule has 2 atom stereocenters. The smallest absolute Gasteiger partial charge is 0.137 e. The Morgan fingerprint density at radius 2 is 2.07 bits per heavy atom. The molecule has 2 aliphatic rings. The van der Waals surface area contributed by atoms with Crippen LogP contribution in [0.4, 0.5) is 0 Å². The summed E-state index contributed by atoms with van der Waals surface area (Å²) >= 11 is 0. The molecule has 0 amide bonds. The fourth-order valence-electron chi connectivity index (χ4n) is 2.63. The summed E-state index contributed by atoms with van der Waals surface area (Å²) in [4.78, 5) is 12.0. The van der Waals surface area contributed by atoms with Crippen molar-refractivity contribution >= 4 is 5.78 Å². The molecule has 2 aliphatic heterocycles. The van der Waals surface area contributed by atoms with Crippen molar-refractivity contribution < 1.29 is 9.53 Å². The van der Waals surface area contributed by atoms with E-state index in [1.165, 1.54) is 0 Å². The predicted molar refractivity (Wildman–Crippen MR) is 58.7 cm³/mol. The molecule has 2 fully saturated rings. The Balaban J connectivity index is 1.80. The molecule has 2 saturated heterocycles. The number of carbonyl (C=O) groups excluding carboxylic acids is 1. The first kappa shape index (κ1) is 11.1. The lowest BCUT2D eigenvalue weighted by Crippen LogP contribution is -2.26. The van der Waals surface area contributed by atoms with Crippen LogP contribution in [0.5, 0.6) is 0 Å². The molecule has 86 valence electrons. The van der Waals surface area contributed by atoms with E-state index in [1.807, 2.05) is 0 Å². The molecule has 2 unspecified atom stereocenters. The van der Waals surface area contributed by atoms with Crippen molar-refractivity contribution in [3.05, 3.63) is 0 Å². The minimum Gasteiger partial charge on any atom is -0.381 e. The van der Waals surface area contributed by atoms with Crippen LogP contribution in [0.15, 0.2) is 0 Å². The van der Waals surface area contributed by atoms with Gasteiger partial charge in [-0.25, -0.2) is 0 Å². The highest BCUT2D eigenvalue weighted by Gasteiger charge is 2.30. The second-order valence-corrected chi connectivity index (χ2v) is 4.97. The zero-order valence-electron chi connectivity index (χ0n) is 9.50. The van der Waals surface area contributed by atoms with E-state index in [-0.39, 0.29) is 5.92 Å². The van der Waals surface area contributed by atoms with E-state index < -0.39 is 0 Å². The Morgan fingerprint density at radius 1 is 1.33 bits per heavy atom. The van der Waals surface area contributed by atoms with Crippen molar-refractivity contribution in [1.29, 1.82) is 0 Å². The lowest BCUT2D eigenvalue weighted by atomic mass is 9.85. The highest BCUT2D eigenvalue weighted by molar-refractivity contribution is 5.82. The van der Waals surface area contributed by atoms with Crippen LogP contribution in [0.2, 0.25) is 0 Å². The summed E-state index contributed by atoms with van der Waals surface area (Å²) in [5, 5.41) is 3.29. The molecule has 0 radical (unpaired) electrons. The van der Waals surface area contributed by atoms with Crippen molar-refractivity contribution in [3.8, 4) is 0 Å². The molecule has 3 heteroatoms. The molecule has 0 bridgehead atoms. The maximum atomic E-state index is 12.0. The number of rotatable bonds is 3. The van der Waals surface area contributed by atoms with Crippen LogP contribution in [0, 0.1) is 17.8 Å². The third-order valence-electron chi connectivity index (χ3n) is 3.76. The van der Waals surface area contributed by atoms with Gasteiger partial charge >= 0.3 is 0 Å². The van der Waals surface area contributed by atoms with Crippen LogP contribution in [-0.4, -0.2) is 32.1 Å². The number of ether oxygens (including phenoxy) is 1. The summed E-state index contributed by atoms with van der Waals surface area (Å²) in [6, 6.07) is 0. The lowest BCUT2D eigenvalue weighted by Gasteiger charge is -2.23. The van der Waals surface area contributed by atoms with Crippen LogP contribution < -0.4 is 5.32 Å². The Morgan fingerprint density at radius 3 is 2.67 bits per heavy atom. The van der Waals surface area contributed by atoms with Crippen LogP contribution in [0.1, 0.15) is 26.2 Å². The van der Waals surface area contributed by atoms with Gasteiger partial charge in [-0.05, 0) is 31.2 Å². The zero-order chi connectivity index (χ0) is 10.7. The van der Waals surface area contributed by atoms with E-state index in [4.69, 9.17) is 4.74 Å². The van der Waals surface area contributed by atoms with E-state index in [1.54, 1.807) is 0 Å². The number of nitrogens with one attached hydrogen (secondary N) is 1. The highest BCUT2D eigenvalue weighted by atomic mass is 16.5. The molecule has 15 heavy (non-hydrogen) atoms. The van der Waals surface area contributed by atoms with Gasteiger partial charge in [-0.2, -0.15) is 0 Å². The molecular formula is C12H21NO2. The molecule has 0 saturated carbocycles. The summed E-state index contributed by atoms with van der Waals surface area (Å²) < 4.78 is 5.30. The number of carbonyl (C=O) groups is 1. The third-order valence-corrected chi connectivity index (χ3v) is 3.76. The molecule has 0 spiro atoms. The lowest BCUT2D eigenvalue weighted by molar-refractivity contribution is -0.124. The minimum absolute atomic E-state index is 0.271. The molecule has 0 aromatic heterocycles. The van der Waals surface area contributed by atoms with E-state index >= 15 is 0 Å². The molecule has 0 aromatic rings. The first-order valence-electron chi connectivity index (χ1n) is 6.08. The van der Waals surface area contributed by atoms with Crippen molar-refractivity contribution in [1.82, 2.24) is 5.32 Å². The summed E-state index contributed by atoms with van der Waals surface area (Å²) in [7, 11) is 0. The van der Waals surface area contributed by atoms with Crippen molar-refractivity contribution in [2.24, 2.45) is 17.8 Å². The van der Waals surface area contributed by atoms with E-state index in [9.17, 15) is 4.79 Å². The van der Waals surface area contributed by atoms with Crippen molar-refractivity contribution in [2.45, 2.75) is 26.2 Å². The summed E-state index contributed by atoms with van der Waals surface area (Å²) in [6.07, 6.45) is 2.92. The fourth-order valence-corrected chi connectivity index (χ4v) is 2.63. The highest BCUT2D eigenvalue weighted by Crippen LogP contribution is 2.24. The predicted octanol–water partition coefficient (Wildman–Crippen LogP) is 1.23. The van der Waals surface area contributed by atoms with Gasteiger partial charge in [0, 0.05) is 32.1 Å². The summed E-state index contributed by atoms with van der Waals surface area (Å²) in [5.41, 5.74) is 0. The van der Waals surface area contributed by atoms with Gasteiger partial charge in [0.2, 0.25) is 0 Å². The number of hydrogen-bond donors (Lipinski definition) is 1. The molecule has 3 nitrogen and oxygen atoms in total. The zero-order valence-corrected chi connectivity index (χ0v) is 9.50. The fraction of sp³-hybridized carbons (Fsp3) is 0.917. The average Bonchev–Trinajstić information content (AvgIpc) is 2.66. The van der Waals surface area contributed by atoms with Gasteiger partial charge in [0.05, 0.1) is 0 Å². The van der Waals surface area contributed by atoms with E-state index in [0.717, 1.165) is 45.6 Å². The van der Waals surface area contributed by atoms with Crippen LogP contribution in [0.3, 0.4) is 0 Å². The molecule has 2 heterocycles. The molecular weight excluding hydrogens is 190 g/mol. The monoisotopic (exact) mass is 211 g/mol. The Kier molecular flexibility index (Phi) is 3.76. The van der Waals surface area contributed by atoms with Crippen LogP contribution >= 0.6 is 0 Å². The number of Topliss-reactive ketones (excluding diaryl/α,β-unsaturated/α-hetero) is 1. The van der Waals surface area contributed by atoms with Gasteiger partial charge in [-0.1, -0.05) is 6.92 Å². The SMILES string of the molecule is CC1CNCC1C(=O)CC1CCOCC1. The van der Waals surface area contributed by atoms with Gasteiger partial charge in [0.1, 0.15) is 5.78 Å². The third kappa shape index (κ3) is 2.79. The molecule has 1 N–H and O–H groups in total.